The van der Waals surface area contributed by atoms with Crippen molar-refractivity contribution in [2.75, 3.05) is 0 Å². The van der Waals surface area contributed by atoms with Crippen LogP contribution in [0.1, 0.15) is 43.1 Å². The zero-order valence-corrected chi connectivity index (χ0v) is 11.8. The minimum Gasteiger partial charge on any atom is -0.478 e. The van der Waals surface area contributed by atoms with Crippen molar-refractivity contribution in [3.8, 4) is 11.3 Å². The molecule has 0 saturated heterocycles. The highest BCUT2D eigenvalue weighted by molar-refractivity contribution is 5.94. The molecule has 21 heavy (non-hydrogen) atoms. The number of benzene rings is 1. The van der Waals surface area contributed by atoms with Crippen molar-refractivity contribution in [3.05, 3.63) is 41.6 Å². The van der Waals surface area contributed by atoms with Crippen molar-refractivity contribution in [1.29, 1.82) is 0 Å². The van der Waals surface area contributed by atoms with Gasteiger partial charge in [-0.15, -0.1) is 0 Å². The molecule has 112 valence electrons. The fraction of sp³-hybridized carbons (Fsp3) is 0.333. The van der Waals surface area contributed by atoms with Gasteiger partial charge in [-0.05, 0) is 25.0 Å². The van der Waals surface area contributed by atoms with E-state index in [1.54, 1.807) is 4.68 Å². The normalized spacial score (nSPS) is 11.1. The predicted molar refractivity (Wildman–Crippen MR) is 74.2 cm³/mol. The molecule has 0 spiro atoms. The molecule has 1 heterocycles. The molecule has 1 aromatic heterocycles. The van der Waals surface area contributed by atoms with Gasteiger partial charge >= 0.3 is 5.97 Å². The molecule has 0 bridgehead atoms. The minimum atomic E-state index is -1.17. The summed E-state index contributed by atoms with van der Waals surface area (Å²) in [5.74, 6) is -2.70. The van der Waals surface area contributed by atoms with Crippen molar-refractivity contribution in [1.82, 2.24) is 9.78 Å². The van der Waals surface area contributed by atoms with E-state index in [4.69, 9.17) is 0 Å². The lowest BCUT2D eigenvalue weighted by molar-refractivity contribution is 0.0697. The van der Waals surface area contributed by atoms with E-state index in [-0.39, 0.29) is 22.9 Å². The molecular formula is C15H16F2N2O2. The third-order valence-corrected chi connectivity index (χ3v) is 3.41. The van der Waals surface area contributed by atoms with Gasteiger partial charge in [-0.2, -0.15) is 5.10 Å². The average molecular weight is 294 g/mol. The van der Waals surface area contributed by atoms with Crippen LogP contribution in [0.5, 0.6) is 0 Å². The molecule has 0 saturated carbocycles. The van der Waals surface area contributed by atoms with E-state index >= 15 is 0 Å². The fourth-order valence-electron chi connectivity index (χ4n) is 2.30. The molecule has 6 heteroatoms. The number of aromatic nitrogens is 2. The quantitative estimate of drug-likeness (QED) is 0.910. The van der Waals surface area contributed by atoms with Crippen LogP contribution in [0.4, 0.5) is 8.78 Å². The molecule has 1 aromatic carbocycles. The van der Waals surface area contributed by atoms with E-state index in [1.807, 2.05) is 13.8 Å². The maximum Gasteiger partial charge on any atom is 0.339 e. The molecule has 0 aliphatic carbocycles. The van der Waals surface area contributed by atoms with E-state index in [2.05, 4.69) is 5.10 Å². The molecule has 2 aromatic rings. The first kappa shape index (κ1) is 15.2. The molecular weight excluding hydrogens is 278 g/mol. The Bertz CT molecular complexity index is 643. The van der Waals surface area contributed by atoms with E-state index in [0.717, 1.165) is 31.0 Å². The fourth-order valence-corrected chi connectivity index (χ4v) is 2.30. The van der Waals surface area contributed by atoms with Gasteiger partial charge in [-0.25, -0.2) is 13.6 Å². The molecule has 1 N–H and O–H groups in total. The number of carboxylic acid groups (broad SMARTS) is 1. The Hall–Kier alpha value is -2.24. The third kappa shape index (κ3) is 3.09. The molecule has 0 amide bonds. The van der Waals surface area contributed by atoms with Crippen molar-refractivity contribution in [3.63, 3.8) is 0 Å². The van der Waals surface area contributed by atoms with E-state index < -0.39 is 17.6 Å². The Morgan fingerprint density at radius 3 is 2.29 bits per heavy atom. The van der Waals surface area contributed by atoms with Crippen molar-refractivity contribution < 1.29 is 18.7 Å². The number of aromatic carboxylic acids is 1. The Morgan fingerprint density at radius 1 is 1.24 bits per heavy atom. The van der Waals surface area contributed by atoms with Crippen molar-refractivity contribution in [2.45, 2.75) is 32.7 Å². The number of hydrogen-bond acceptors (Lipinski definition) is 2. The summed E-state index contributed by atoms with van der Waals surface area (Å²) >= 11 is 0. The van der Waals surface area contributed by atoms with Gasteiger partial charge in [-0.1, -0.05) is 13.8 Å². The molecule has 4 nitrogen and oxygen atoms in total. The van der Waals surface area contributed by atoms with Crippen LogP contribution < -0.4 is 0 Å². The van der Waals surface area contributed by atoms with Gasteiger partial charge in [0.15, 0.2) is 0 Å². The Labute approximate surface area is 121 Å². The van der Waals surface area contributed by atoms with E-state index in [1.165, 1.54) is 6.20 Å². The Balaban J connectivity index is 2.58. The second kappa shape index (κ2) is 6.03. The van der Waals surface area contributed by atoms with Crippen LogP contribution in [0.2, 0.25) is 0 Å². The Morgan fingerprint density at radius 2 is 1.81 bits per heavy atom. The molecule has 0 aliphatic rings. The SMILES string of the molecule is CCC(CC)n1cc(C(=O)O)c(-c2cc(F)cc(F)c2)n1. The van der Waals surface area contributed by atoms with Crippen LogP contribution in [0.3, 0.4) is 0 Å². The molecule has 0 fully saturated rings. The highest BCUT2D eigenvalue weighted by Crippen LogP contribution is 2.26. The van der Waals surface area contributed by atoms with Crippen LogP contribution in [0.15, 0.2) is 24.4 Å². The highest BCUT2D eigenvalue weighted by atomic mass is 19.1. The van der Waals surface area contributed by atoms with E-state index in [0.29, 0.717) is 0 Å². The van der Waals surface area contributed by atoms with Crippen LogP contribution in [0, 0.1) is 11.6 Å². The lowest BCUT2D eigenvalue weighted by Crippen LogP contribution is -2.07. The largest absolute Gasteiger partial charge is 0.478 e. The van der Waals surface area contributed by atoms with Gasteiger partial charge in [-0.3, -0.25) is 4.68 Å². The summed E-state index contributed by atoms with van der Waals surface area (Å²) in [6, 6.07) is 2.95. The van der Waals surface area contributed by atoms with Gasteiger partial charge < -0.3 is 5.11 Å². The first-order valence-corrected chi connectivity index (χ1v) is 6.75. The topological polar surface area (TPSA) is 55.1 Å². The molecule has 0 unspecified atom stereocenters. The summed E-state index contributed by atoms with van der Waals surface area (Å²) < 4.78 is 28.2. The third-order valence-electron chi connectivity index (χ3n) is 3.41. The first-order chi connectivity index (χ1) is 9.96. The monoisotopic (exact) mass is 294 g/mol. The molecule has 0 atom stereocenters. The van der Waals surface area contributed by atoms with Gasteiger partial charge in [0.25, 0.3) is 0 Å². The average Bonchev–Trinajstić information content (AvgIpc) is 2.84. The van der Waals surface area contributed by atoms with Crippen LogP contribution >= 0.6 is 0 Å². The minimum absolute atomic E-state index is 0.0512. The standard InChI is InChI=1S/C15H16F2N2O2/c1-3-12(4-2)19-8-13(15(20)21)14(18-19)9-5-10(16)7-11(17)6-9/h5-8,12H,3-4H2,1-2H3,(H,20,21). The van der Waals surface area contributed by atoms with Crippen LogP contribution in [-0.2, 0) is 0 Å². The first-order valence-electron chi connectivity index (χ1n) is 6.75. The number of halogens is 2. The highest BCUT2D eigenvalue weighted by Gasteiger charge is 2.20. The zero-order chi connectivity index (χ0) is 15.6. The summed E-state index contributed by atoms with van der Waals surface area (Å²) in [4.78, 5) is 11.3. The predicted octanol–water partition coefficient (Wildman–Crippen LogP) is 3.89. The van der Waals surface area contributed by atoms with Gasteiger partial charge in [0.2, 0.25) is 0 Å². The zero-order valence-electron chi connectivity index (χ0n) is 11.8. The number of carbonyl (C=O) groups is 1. The molecule has 2 rings (SSSR count). The maximum atomic E-state index is 13.3. The van der Waals surface area contributed by atoms with Gasteiger partial charge in [0.1, 0.15) is 22.9 Å². The summed E-state index contributed by atoms with van der Waals surface area (Å²) in [6.45, 7) is 3.94. The van der Waals surface area contributed by atoms with Gasteiger partial charge in [0, 0.05) is 17.8 Å². The summed E-state index contributed by atoms with van der Waals surface area (Å²) in [5.41, 5.74) is 0.134. The molecule has 0 radical (unpaired) electrons. The van der Waals surface area contributed by atoms with Crippen molar-refractivity contribution in [2.24, 2.45) is 0 Å². The lowest BCUT2D eigenvalue weighted by atomic mass is 10.1. The maximum absolute atomic E-state index is 13.3. The summed E-state index contributed by atoms with van der Waals surface area (Å²) in [6.07, 6.45) is 2.99. The molecule has 0 aliphatic heterocycles. The van der Waals surface area contributed by atoms with Crippen molar-refractivity contribution >= 4 is 5.97 Å². The smallest absolute Gasteiger partial charge is 0.339 e. The number of hydrogen-bond donors (Lipinski definition) is 1. The van der Waals surface area contributed by atoms with Gasteiger partial charge in [0.05, 0.1) is 6.04 Å². The van der Waals surface area contributed by atoms with Crippen LogP contribution in [0.25, 0.3) is 11.3 Å². The van der Waals surface area contributed by atoms with E-state index in [9.17, 15) is 18.7 Å². The number of nitrogens with zero attached hydrogens (tertiary/aromatic N) is 2. The second-order valence-corrected chi connectivity index (χ2v) is 4.80. The summed E-state index contributed by atoms with van der Waals surface area (Å²) in [7, 11) is 0. The second-order valence-electron chi connectivity index (χ2n) is 4.80. The Kier molecular flexibility index (Phi) is 4.35. The number of rotatable bonds is 5. The summed E-state index contributed by atoms with van der Waals surface area (Å²) in [5, 5.41) is 13.5. The van der Waals surface area contributed by atoms with Crippen LogP contribution in [-0.4, -0.2) is 20.9 Å². The lowest BCUT2D eigenvalue weighted by Gasteiger charge is -2.12. The number of carboxylic acids is 1.